The minimum Gasteiger partial charge on any atom is -0.336 e. The summed E-state index contributed by atoms with van der Waals surface area (Å²) >= 11 is 0. The molecule has 1 fully saturated rings. The van der Waals surface area contributed by atoms with Crippen LogP contribution < -0.4 is 0 Å². The lowest BCUT2D eigenvalue weighted by molar-refractivity contribution is 0.0637. The molecule has 1 aliphatic rings. The van der Waals surface area contributed by atoms with Gasteiger partial charge in [0.2, 0.25) is 0 Å². The van der Waals surface area contributed by atoms with Gasteiger partial charge in [-0.05, 0) is 50.3 Å². The molecule has 0 radical (unpaired) electrons. The largest absolute Gasteiger partial charge is 0.336 e. The maximum Gasteiger partial charge on any atom is 0.254 e. The van der Waals surface area contributed by atoms with Crippen LogP contribution in [0.1, 0.15) is 49.0 Å². The average molecular weight is 358 g/mol. The molecule has 1 saturated heterocycles. The maximum atomic E-state index is 13.4. The summed E-state index contributed by atoms with van der Waals surface area (Å²) in [5.41, 5.74) is 4.87. The highest BCUT2D eigenvalue weighted by Gasteiger charge is 2.26. The molecule has 1 aliphatic heterocycles. The van der Waals surface area contributed by atoms with E-state index in [0.29, 0.717) is 6.04 Å². The normalized spacial score (nSPS) is 17.3. The monoisotopic (exact) mass is 358 g/mol. The van der Waals surface area contributed by atoms with Crippen molar-refractivity contribution in [1.29, 1.82) is 0 Å². The number of amides is 1. The number of rotatable bonds is 3. The fourth-order valence-electron chi connectivity index (χ4n) is 3.97. The summed E-state index contributed by atoms with van der Waals surface area (Å²) in [5.74, 6) is 0.132. The van der Waals surface area contributed by atoms with Crippen molar-refractivity contribution < 1.29 is 4.79 Å². The van der Waals surface area contributed by atoms with Gasteiger partial charge >= 0.3 is 0 Å². The van der Waals surface area contributed by atoms with Crippen LogP contribution in [-0.2, 0) is 6.42 Å². The Morgan fingerprint density at radius 3 is 2.63 bits per heavy atom. The van der Waals surface area contributed by atoms with Crippen LogP contribution in [-0.4, -0.2) is 28.4 Å². The van der Waals surface area contributed by atoms with E-state index in [0.717, 1.165) is 53.5 Å². The van der Waals surface area contributed by atoms with E-state index in [4.69, 9.17) is 4.98 Å². The number of aryl methyl sites for hydroxylation is 1. The lowest BCUT2D eigenvalue weighted by Crippen LogP contribution is -2.42. The van der Waals surface area contributed by atoms with E-state index in [1.165, 1.54) is 12.0 Å². The van der Waals surface area contributed by atoms with Crippen LogP contribution in [0.15, 0.2) is 54.6 Å². The molecule has 0 aliphatic carbocycles. The summed E-state index contributed by atoms with van der Waals surface area (Å²) in [7, 11) is 0. The molecule has 0 N–H and O–H groups in total. The van der Waals surface area contributed by atoms with Crippen LogP contribution in [0.3, 0.4) is 0 Å². The number of fused-ring (bicyclic) bond motifs is 1. The third kappa shape index (κ3) is 3.46. The smallest absolute Gasteiger partial charge is 0.254 e. The number of hydrogen-bond donors (Lipinski definition) is 0. The predicted molar refractivity (Wildman–Crippen MR) is 111 cm³/mol. The van der Waals surface area contributed by atoms with Gasteiger partial charge in [0.1, 0.15) is 0 Å². The Bertz CT molecular complexity index is 962. The number of likely N-dealkylation sites (tertiary alicyclic amines) is 1. The molecule has 1 unspecified atom stereocenters. The van der Waals surface area contributed by atoms with Gasteiger partial charge in [0.15, 0.2) is 0 Å². The summed E-state index contributed by atoms with van der Waals surface area (Å²) < 4.78 is 0. The Kier molecular flexibility index (Phi) is 4.93. The summed E-state index contributed by atoms with van der Waals surface area (Å²) in [6.45, 7) is 5.15. The zero-order valence-electron chi connectivity index (χ0n) is 16.1. The van der Waals surface area contributed by atoms with Gasteiger partial charge in [-0.2, -0.15) is 0 Å². The number of pyridine rings is 1. The number of para-hydroxylation sites is 1. The van der Waals surface area contributed by atoms with Crippen LogP contribution in [0.2, 0.25) is 0 Å². The van der Waals surface area contributed by atoms with E-state index in [-0.39, 0.29) is 5.91 Å². The van der Waals surface area contributed by atoms with Gasteiger partial charge in [-0.1, -0.05) is 49.4 Å². The van der Waals surface area contributed by atoms with E-state index in [2.05, 4.69) is 38.1 Å². The Morgan fingerprint density at radius 1 is 1.11 bits per heavy atom. The second kappa shape index (κ2) is 7.51. The number of carbonyl (C=O) groups excluding carboxylic acids is 1. The highest BCUT2D eigenvalue weighted by atomic mass is 16.2. The molecule has 0 spiro atoms. The van der Waals surface area contributed by atoms with Gasteiger partial charge in [-0.25, -0.2) is 4.98 Å². The average Bonchev–Trinajstić information content (AvgIpc) is 2.73. The lowest BCUT2D eigenvalue weighted by atomic mass is 9.99. The third-order valence-corrected chi connectivity index (χ3v) is 5.67. The molecule has 0 bridgehead atoms. The molecule has 3 heteroatoms. The van der Waals surface area contributed by atoms with Crippen LogP contribution in [0.5, 0.6) is 0 Å². The second-order valence-corrected chi connectivity index (χ2v) is 7.47. The molecule has 1 aromatic heterocycles. The van der Waals surface area contributed by atoms with Gasteiger partial charge in [-0.15, -0.1) is 0 Å². The Labute approximate surface area is 161 Å². The van der Waals surface area contributed by atoms with Crippen molar-refractivity contribution in [2.75, 3.05) is 6.54 Å². The second-order valence-electron chi connectivity index (χ2n) is 7.47. The Morgan fingerprint density at radius 2 is 1.89 bits per heavy atom. The molecule has 138 valence electrons. The first-order chi connectivity index (χ1) is 13.2. The van der Waals surface area contributed by atoms with Crippen LogP contribution in [0.4, 0.5) is 0 Å². The Hall–Kier alpha value is -2.68. The van der Waals surface area contributed by atoms with Gasteiger partial charge in [0.25, 0.3) is 5.91 Å². The zero-order valence-corrected chi connectivity index (χ0v) is 16.1. The fourth-order valence-corrected chi connectivity index (χ4v) is 3.97. The lowest BCUT2D eigenvalue weighted by Gasteiger charge is -2.33. The molecule has 3 nitrogen and oxygen atoms in total. The molecule has 3 aromatic rings. The summed E-state index contributed by atoms with van der Waals surface area (Å²) in [6, 6.07) is 18.7. The summed E-state index contributed by atoms with van der Waals surface area (Å²) in [5, 5.41) is 0.939. The van der Waals surface area contributed by atoms with Crippen molar-refractivity contribution in [2.45, 2.75) is 45.6 Å². The number of benzene rings is 2. The highest BCUT2D eigenvalue weighted by Crippen LogP contribution is 2.28. The van der Waals surface area contributed by atoms with Crippen molar-refractivity contribution >= 4 is 16.8 Å². The van der Waals surface area contributed by atoms with Gasteiger partial charge in [0.05, 0.1) is 16.8 Å². The summed E-state index contributed by atoms with van der Waals surface area (Å²) in [6.07, 6.45) is 4.39. The first-order valence-corrected chi connectivity index (χ1v) is 9.97. The predicted octanol–water partition coefficient (Wildman–Crippen LogP) is 5.48. The number of piperidine rings is 1. The van der Waals surface area contributed by atoms with Crippen LogP contribution in [0.25, 0.3) is 22.2 Å². The molecule has 2 heterocycles. The minimum absolute atomic E-state index is 0.132. The van der Waals surface area contributed by atoms with E-state index >= 15 is 0 Å². The quantitative estimate of drug-likeness (QED) is 0.621. The van der Waals surface area contributed by atoms with E-state index in [9.17, 15) is 4.79 Å². The molecular weight excluding hydrogens is 332 g/mol. The maximum absolute atomic E-state index is 13.4. The molecule has 4 rings (SSSR count). The van der Waals surface area contributed by atoms with Crippen molar-refractivity contribution in [3.63, 3.8) is 0 Å². The van der Waals surface area contributed by atoms with Crippen molar-refractivity contribution in [1.82, 2.24) is 9.88 Å². The highest BCUT2D eigenvalue weighted by molar-refractivity contribution is 6.07. The topological polar surface area (TPSA) is 33.2 Å². The number of nitrogens with zero attached hydrogens (tertiary/aromatic N) is 2. The van der Waals surface area contributed by atoms with Gasteiger partial charge < -0.3 is 4.90 Å². The first-order valence-electron chi connectivity index (χ1n) is 9.97. The molecular formula is C24H26N2O. The van der Waals surface area contributed by atoms with Crippen LogP contribution >= 0.6 is 0 Å². The van der Waals surface area contributed by atoms with E-state index < -0.39 is 0 Å². The Balaban J connectivity index is 1.82. The van der Waals surface area contributed by atoms with Crippen LogP contribution in [0, 0.1) is 0 Å². The number of carbonyl (C=O) groups is 1. The molecule has 27 heavy (non-hydrogen) atoms. The van der Waals surface area contributed by atoms with Crippen molar-refractivity contribution in [2.24, 2.45) is 0 Å². The first kappa shape index (κ1) is 17.7. The molecule has 1 amide bonds. The summed E-state index contributed by atoms with van der Waals surface area (Å²) in [4.78, 5) is 20.3. The number of hydrogen-bond acceptors (Lipinski definition) is 2. The van der Waals surface area contributed by atoms with Gasteiger partial charge in [0, 0.05) is 23.5 Å². The van der Waals surface area contributed by atoms with E-state index in [1.54, 1.807) is 0 Å². The number of aromatic nitrogens is 1. The standard InChI is InChI=1S/C24H26N2O/c1-3-18-11-13-19(14-12-18)23-16-21(20-9-4-5-10-22(20)25-23)24(27)26-15-7-6-8-17(26)2/h4-5,9-14,16-17H,3,6-8,15H2,1-2H3. The van der Waals surface area contributed by atoms with Crippen molar-refractivity contribution in [3.8, 4) is 11.3 Å². The van der Waals surface area contributed by atoms with Gasteiger partial charge in [-0.3, -0.25) is 4.79 Å². The molecule has 2 aromatic carbocycles. The minimum atomic E-state index is 0.132. The molecule has 0 saturated carbocycles. The zero-order chi connectivity index (χ0) is 18.8. The SMILES string of the molecule is CCc1ccc(-c2cc(C(=O)N3CCCCC3C)c3ccccc3n2)cc1. The fraction of sp³-hybridized carbons (Fsp3) is 0.333. The molecule has 1 atom stereocenters. The van der Waals surface area contributed by atoms with Crippen molar-refractivity contribution in [3.05, 3.63) is 65.7 Å². The van der Waals surface area contributed by atoms with E-state index in [1.807, 2.05) is 35.2 Å². The third-order valence-electron chi connectivity index (χ3n) is 5.67.